The summed E-state index contributed by atoms with van der Waals surface area (Å²) in [5, 5.41) is 11.8. The van der Waals surface area contributed by atoms with E-state index in [9.17, 15) is 0 Å². The molecule has 1 aromatic heterocycles. The molecule has 2 heterocycles. The Hall–Kier alpha value is -1.59. The van der Waals surface area contributed by atoms with E-state index in [1.807, 2.05) is 23.6 Å². The van der Waals surface area contributed by atoms with Crippen LogP contribution in [0, 0.1) is 0 Å². The van der Waals surface area contributed by atoms with Gasteiger partial charge in [-0.05, 0) is 17.7 Å². The molecule has 0 radical (unpaired) electrons. The first-order valence-electron chi connectivity index (χ1n) is 5.28. The van der Waals surface area contributed by atoms with Crippen LogP contribution in [0.15, 0.2) is 23.6 Å². The molecule has 1 aliphatic heterocycles. The lowest BCUT2D eigenvalue weighted by Gasteiger charge is -2.00. The molecule has 0 saturated heterocycles. The minimum absolute atomic E-state index is 0.00234. The van der Waals surface area contributed by atoms with Crippen LogP contribution in [0.4, 0.5) is 0 Å². The van der Waals surface area contributed by atoms with E-state index in [2.05, 4.69) is 4.98 Å². The van der Waals surface area contributed by atoms with Crippen molar-refractivity contribution in [1.29, 1.82) is 0 Å². The van der Waals surface area contributed by atoms with E-state index in [0.29, 0.717) is 6.79 Å². The average molecular weight is 249 g/mol. The number of hydrogen-bond donors (Lipinski definition) is 1. The van der Waals surface area contributed by atoms with E-state index >= 15 is 0 Å². The van der Waals surface area contributed by atoms with Crippen LogP contribution >= 0.6 is 11.3 Å². The van der Waals surface area contributed by atoms with Crippen molar-refractivity contribution >= 4 is 11.3 Å². The zero-order valence-corrected chi connectivity index (χ0v) is 9.87. The highest BCUT2D eigenvalue weighted by atomic mass is 32.1. The molecule has 1 aliphatic rings. The highest BCUT2D eigenvalue weighted by Crippen LogP contribution is 2.33. The summed E-state index contributed by atoms with van der Waals surface area (Å²) in [4.78, 5) is 4.31. The van der Waals surface area contributed by atoms with Crippen molar-refractivity contribution in [3.8, 4) is 11.5 Å². The number of aliphatic hydroxyl groups is 1. The minimum atomic E-state index is -0.00234. The molecule has 0 spiro atoms. The van der Waals surface area contributed by atoms with Gasteiger partial charge in [-0.15, -0.1) is 11.3 Å². The Balaban J connectivity index is 1.80. The molecule has 3 rings (SSSR count). The van der Waals surface area contributed by atoms with Gasteiger partial charge in [0.15, 0.2) is 11.5 Å². The standard InChI is InChI=1S/C12H11NO3S/c14-5-9-6-17-12(13-9)4-8-1-2-10-11(3-8)16-7-15-10/h1-3,6,14H,4-5,7H2. The maximum absolute atomic E-state index is 8.95. The molecule has 1 aromatic carbocycles. The number of aromatic nitrogens is 1. The van der Waals surface area contributed by atoms with Gasteiger partial charge in [0.2, 0.25) is 6.79 Å². The Morgan fingerprint density at radius 1 is 1.29 bits per heavy atom. The summed E-state index contributed by atoms with van der Waals surface area (Å²) in [5.74, 6) is 1.59. The Morgan fingerprint density at radius 3 is 3.00 bits per heavy atom. The Kier molecular flexibility index (Phi) is 2.70. The number of hydrogen-bond acceptors (Lipinski definition) is 5. The first kappa shape index (κ1) is 10.6. The smallest absolute Gasteiger partial charge is 0.231 e. The largest absolute Gasteiger partial charge is 0.454 e. The highest BCUT2D eigenvalue weighted by molar-refractivity contribution is 7.09. The molecule has 0 atom stereocenters. The molecule has 0 fully saturated rings. The van der Waals surface area contributed by atoms with Crippen LogP contribution in [0.2, 0.25) is 0 Å². The van der Waals surface area contributed by atoms with Crippen molar-refractivity contribution in [2.24, 2.45) is 0 Å². The van der Waals surface area contributed by atoms with Gasteiger partial charge in [0.05, 0.1) is 17.3 Å². The molecule has 4 nitrogen and oxygen atoms in total. The van der Waals surface area contributed by atoms with Gasteiger partial charge in [0.25, 0.3) is 0 Å². The summed E-state index contributed by atoms with van der Waals surface area (Å²) in [6.45, 7) is 0.294. The molecule has 88 valence electrons. The predicted octanol–water partition coefficient (Wildman–Crippen LogP) is 1.95. The topological polar surface area (TPSA) is 51.6 Å². The number of nitrogens with zero attached hydrogens (tertiary/aromatic N) is 1. The lowest BCUT2D eigenvalue weighted by atomic mass is 10.1. The van der Waals surface area contributed by atoms with Crippen molar-refractivity contribution in [2.75, 3.05) is 6.79 Å². The van der Waals surface area contributed by atoms with Crippen molar-refractivity contribution in [3.05, 3.63) is 39.8 Å². The lowest BCUT2D eigenvalue weighted by Crippen LogP contribution is -1.93. The van der Waals surface area contributed by atoms with Crippen molar-refractivity contribution in [3.63, 3.8) is 0 Å². The fourth-order valence-electron chi connectivity index (χ4n) is 1.73. The van der Waals surface area contributed by atoms with E-state index < -0.39 is 0 Å². The van der Waals surface area contributed by atoms with Gasteiger partial charge < -0.3 is 14.6 Å². The fraction of sp³-hybridized carbons (Fsp3) is 0.250. The summed E-state index contributed by atoms with van der Waals surface area (Å²) in [7, 11) is 0. The molecule has 2 aromatic rings. The van der Waals surface area contributed by atoms with Gasteiger partial charge >= 0.3 is 0 Å². The summed E-state index contributed by atoms with van der Waals surface area (Å²) in [6, 6.07) is 5.90. The monoisotopic (exact) mass is 249 g/mol. The molecule has 0 aliphatic carbocycles. The van der Waals surface area contributed by atoms with Crippen LogP contribution in [-0.2, 0) is 13.0 Å². The minimum Gasteiger partial charge on any atom is -0.454 e. The second-order valence-corrected chi connectivity index (χ2v) is 4.70. The molecule has 0 unspecified atom stereocenters. The molecular weight excluding hydrogens is 238 g/mol. The molecule has 17 heavy (non-hydrogen) atoms. The number of thiazole rings is 1. The van der Waals surface area contributed by atoms with Crippen LogP contribution in [0.25, 0.3) is 0 Å². The van der Waals surface area contributed by atoms with Crippen LogP contribution in [0.5, 0.6) is 11.5 Å². The van der Waals surface area contributed by atoms with Crippen molar-refractivity contribution in [2.45, 2.75) is 13.0 Å². The van der Waals surface area contributed by atoms with E-state index in [-0.39, 0.29) is 6.61 Å². The number of ether oxygens (including phenoxy) is 2. The molecular formula is C12H11NO3S. The second kappa shape index (κ2) is 4.35. The van der Waals surface area contributed by atoms with Crippen LogP contribution < -0.4 is 9.47 Å². The number of benzene rings is 1. The van der Waals surface area contributed by atoms with Crippen molar-refractivity contribution in [1.82, 2.24) is 4.98 Å². The van der Waals surface area contributed by atoms with E-state index in [1.165, 1.54) is 0 Å². The SMILES string of the molecule is OCc1csc(Cc2ccc3c(c2)OCO3)n1. The number of aliphatic hydroxyl groups excluding tert-OH is 1. The maximum atomic E-state index is 8.95. The van der Waals surface area contributed by atoms with Gasteiger partial charge in [0.1, 0.15) is 0 Å². The summed E-state index contributed by atoms with van der Waals surface area (Å²) in [6.07, 6.45) is 0.751. The number of rotatable bonds is 3. The third kappa shape index (κ3) is 2.11. The quantitative estimate of drug-likeness (QED) is 0.903. The fourth-order valence-corrected chi connectivity index (χ4v) is 2.55. The second-order valence-electron chi connectivity index (χ2n) is 3.76. The number of fused-ring (bicyclic) bond motifs is 1. The van der Waals surface area contributed by atoms with Gasteiger partial charge in [-0.2, -0.15) is 0 Å². The summed E-state index contributed by atoms with van der Waals surface area (Å²) < 4.78 is 10.6. The molecule has 5 heteroatoms. The Bertz CT molecular complexity index is 538. The van der Waals surface area contributed by atoms with Gasteiger partial charge in [-0.25, -0.2) is 4.98 Å². The third-order valence-electron chi connectivity index (χ3n) is 2.55. The van der Waals surface area contributed by atoms with Crippen LogP contribution in [0.3, 0.4) is 0 Å². The first-order chi connectivity index (χ1) is 8.35. The van der Waals surface area contributed by atoms with Gasteiger partial charge in [0, 0.05) is 11.8 Å². The maximum Gasteiger partial charge on any atom is 0.231 e. The zero-order valence-electron chi connectivity index (χ0n) is 9.05. The normalized spacial score (nSPS) is 13.0. The zero-order chi connectivity index (χ0) is 11.7. The van der Waals surface area contributed by atoms with Crippen LogP contribution in [0.1, 0.15) is 16.3 Å². The van der Waals surface area contributed by atoms with Gasteiger partial charge in [-0.3, -0.25) is 0 Å². The van der Waals surface area contributed by atoms with E-state index in [1.54, 1.807) is 11.3 Å². The molecule has 0 saturated carbocycles. The average Bonchev–Trinajstić information content (AvgIpc) is 2.96. The molecule has 1 N–H and O–H groups in total. The third-order valence-corrected chi connectivity index (χ3v) is 3.45. The van der Waals surface area contributed by atoms with Crippen molar-refractivity contribution < 1.29 is 14.6 Å². The molecule has 0 bridgehead atoms. The summed E-state index contributed by atoms with van der Waals surface area (Å²) >= 11 is 1.56. The Labute approximate surface area is 102 Å². The van der Waals surface area contributed by atoms with Gasteiger partial charge in [-0.1, -0.05) is 6.07 Å². The van der Waals surface area contributed by atoms with E-state index in [4.69, 9.17) is 14.6 Å². The first-order valence-corrected chi connectivity index (χ1v) is 6.16. The van der Waals surface area contributed by atoms with Crippen LogP contribution in [-0.4, -0.2) is 16.9 Å². The highest BCUT2D eigenvalue weighted by Gasteiger charge is 2.13. The lowest BCUT2D eigenvalue weighted by molar-refractivity contribution is 0.174. The van der Waals surface area contributed by atoms with E-state index in [0.717, 1.165) is 34.2 Å². The Morgan fingerprint density at radius 2 is 2.18 bits per heavy atom. The summed E-state index contributed by atoms with van der Waals surface area (Å²) in [5.41, 5.74) is 1.86. The molecule has 0 amide bonds. The predicted molar refractivity (Wildman–Crippen MR) is 63.4 cm³/mol.